The monoisotopic (exact) mass is 507 g/mol. The predicted octanol–water partition coefficient (Wildman–Crippen LogP) is 9.01. The molecule has 0 aliphatic rings. The van der Waals surface area contributed by atoms with Crippen molar-refractivity contribution in [1.82, 2.24) is 0 Å². The van der Waals surface area contributed by atoms with Crippen LogP contribution in [0.2, 0.25) is 0 Å². The lowest BCUT2D eigenvalue weighted by Gasteiger charge is -2.34. The highest BCUT2D eigenvalue weighted by Crippen LogP contribution is 2.36. The third-order valence-electron chi connectivity index (χ3n) is 6.73. The van der Waals surface area contributed by atoms with Crippen molar-refractivity contribution in [2.75, 3.05) is 23.4 Å². The lowest BCUT2D eigenvalue weighted by atomic mass is 9.98. The van der Waals surface area contributed by atoms with Crippen molar-refractivity contribution in [3.63, 3.8) is 0 Å². The molecule has 1 unspecified atom stereocenters. The van der Waals surface area contributed by atoms with Crippen LogP contribution in [0.15, 0.2) is 108 Å². The quantitative estimate of drug-likeness (QED) is 0.142. The van der Waals surface area contributed by atoms with Crippen LogP contribution in [-0.4, -0.2) is 25.9 Å². The molecule has 38 heavy (non-hydrogen) atoms. The van der Waals surface area contributed by atoms with Gasteiger partial charge >= 0.3 is 0 Å². The van der Waals surface area contributed by atoms with Crippen LogP contribution >= 0.6 is 0 Å². The van der Waals surface area contributed by atoms with Crippen LogP contribution in [0.1, 0.15) is 38.3 Å². The third kappa shape index (κ3) is 7.25. The summed E-state index contributed by atoms with van der Waals surface area (Å²) in [6.07, 6.45) is 2.90. The highest BCUT2D eigenvalue weighted by molar-refractivity contribution is 5.80. The minimum atomic E-state index is 0.135. The number of rotatable bonds is 13. The molecular formula is C34H41N3O. The van der Waals surface area contributed by atoms with Gasteiger partial charge in [0.15, 0.2) is 0 Å². The summed E-state index contributed by atoms with van der Waals surface area (Å²) in [4.78, 5) is 6.17. The molecule has 198 valence electrons. The Kier molecular flexibility index (Phi) is 10.1. The Morgan fingerprint density at radius 1 is 1.00 bits per heavy atom. The Labute approximate surface area is 229 Å². The first kappa shape index (κ1) is 28.5. The number of nitrogens with zero attached hydrogens (tertiary/aromatic N) is 2. The van der Waals surface area contributed by atoms with Gasteiger partial charge in [-0.2, -0.15) is 0 Å². The maximum Gasteiger partial charge on any atom is 0.205 e. The Morgan fingerprint density at radius 3 is 2.24 bits per heavy atom. The second-order valence-corrected chi connectivity index (χ2v) is 9.67. The van der Waals surface area contributed by atoms with Crippen molar-refractivity contribution < 1.29 is 4.74 Å². The van der Waals surface area contributed by atoms with Gasteiger partial charge in [-0.3, -0.25) is 0 Å². The highest BCUT2D eigenvalue weighted by Gasteiger charge is 2.20. The van der Waals surface area contributed by atoms with Gasteiger partial charge in [-0.05, 0) is 100 Å². The van der Waals surface area contributed by atoms with Gasteiger partial charge in [0.1, 0.15) is 0 Å². The predicted molar refractivity (Wildman–Crippen MR) is 166 cm³/mol. The summed E-state index contributed by atoms with van der Waals surface area (Å²) in [6.45, 7) is 23.5. The smallest absolute Gasteiger partial charge is 0.205 e. The maximum absolute atomic E-state index is 5.62. The average Bonchev–Trinajstić information content (AvgIpc) is 2.91. The average molecular weight is 508 g/mol. The number of nitrogens with one attached hydrogen (secondary N) is 1. The molecule has 0 bridgehead atoms. The van der Waals surface area contributed by atoms with E-state index in [1.807, 2.05) is 6.92 Å². The minimum absolute atomic E-state index is 0.135. The zero-order valence-electron chi connectivity index (χ0n) is 23.6. The first-order valence-electron chi connectivity index (χ1n) is 13.2. The van der Waals surface area contributed by atoms with Crippen molar-refractivity contribution >= 4 is 23.8 Å². The molecule has 0 heterocycles. The number of para-hydroxylation sites is 2. The zero-order valence-corrected chi connectivity index (χ0v) is 23.6. The maximum atomic E-state index is 5.62. The molecule has 3 aromatic rings. The van der Waals surface area contributed by atoms with Gasteiger partial charge in [0.25, 0.3) is 0 Å². The number of hydrogen-bond donors (Lipinski definition) is 1. The van der Waals surface area contributed by atoms with Crippen LogP contribution in [-0.2, 0) is 4.74 Å². The molecule has 4 heteroatoms. The minimum Gasteiger partial charge on any atom is -0.478 e. The van der Waals surface area contributed by atoms with Gasteiger partial charge in [0.05, 0.1) is 18.0 Å². The standard InChI is InChI=1S/C34H41N3O/c1-9-37(27(6)30(21-24(2)3)19-20-38-28(7)35-8)33-18-14-13-17-32(33)36-34-25(4)22-31(23-26(34)5)29-15-11-10-12-16-29/h10-18,21-23,27,36H,2,7-9,19-20H2,1,3-6H3/b30-21+. The van der Waals surface area contributed by atoms with Gasteiger partial charge in [-0.15, -0.1) is 0 Å². The van der Waals surface area contributed by atoms with E-state index in [1.54, 1.807) is 0 Å². The molecule has 0 amide bonds. The molecule has 3 rings (SSSR count). The number of ether oxygens (including phenoxy) is 1. The molecule has 3 aromatic carbocycles. The van der Waals surface area contributed by atoms with E-state index in [1.165, 1.54) is 27.8 Å². The van der Waals surface area contributed by atoms with Crippen molar-refractivity contribution in [3.05, 3.63) is 114 Å². The normalized spacial score (nSPS) is 12.0. The number of likely N-dealkylation sites (N-methyl/N-ethyl adjacent to an activating group) is 1. The number of hydrogen-bond acceptors (Lipinski definition) is 4. The van der Waals surface area contributed by atoms with E-state index < -0.39 is 0 Å². The molecule has 0 radical (unpaired) electrons. The molecule has 0 saturated heterocycles. The zero-order chi connectivity index (χ0) is 27.7. The fourth-order valence-corrected chi connectivity index (χ4v) is 4.83. The van der Waals surface area contributed by atoms with Crippen LogP contribution in [0.4, 0.5) is 17.1 Å². The number of benzene rings is 3. The molecule has 0 aromatic heterocycles. The summed E-state index contributed by atoms with van der Waals surface area (Å²) in [5, 5.41) is 3.77. The lowest BCUT2D eigenvalue weighted by molar-refractivity contribution is 0.214. The van der Waals surface area contributed by atoms with E-state index in [0.717, 1.165) is 35.6 Å². The second kappa shape index (κ2) is 13.5. The fourth-order valence-electron chi connectivity index (χ4n) is 4.83. The SMILES string of the molecule is C=NC(=C)OCC/C(=C\C(=C)C)C(C)N(CC)c1ccccc1Nc1c(C)cc(-c2ccccc2)cc1C. The van der Waals surface area contributed by atoms with Crippen LogP contribution in [0.5, 0.6) is 0 Å². The van der Waals surface area contributed by atoms with E-state index in [0.29, 0.717) is 12.5 Å². The first-order chi connectivity index (χ1) is 18.2. The van der Waals surface area contributed by atoms with Crippen LogP contribution in [0, 0.1) is 13.8 Å². The van der Waals surface area contributed by atoms with Gasteiger partial charge < -0.3 is 15.0 Å². The molecule has 0 fully saturated rings. The van der Waals surface area contributed by atoms with E-state index in [2.05, 4.69) is 136 Å². The Hall–Kier alpha value is -4.05. The van der Waals surface area contributed by atoms with E-state index >= 15 is 0 Å². The van der Waals surface area contributed by atoms with E-state index in [4.69, 9.17) is 4.74 Å². The molecule has 0 aliphatic heterocycles. The topological polar surface area (TPSA) is 36.9 Å². The molecular weight excluding hydrogens is 466 g/mol. The molecule has 4 nitrogen and oxygen atoms in total. The van der Waals surface area contributed by atoms with Crippen molar-refractivity contribution in [2.45, 2.75) is 47.1 Å². The summed E-state index contributed by atoms with van der Waals surface area (Å²) in [7, 11) is 0. The van der Waals surface area contributed by atoms with Gasteiger partial charge in [-0.1, -0.05) is 60.7 Å². The fraction of sp³-hybridized carbons (Fsp3) is 0.265. The Bertz CT molecular complexity index is 1280. The lowest BCUT2D eigenvalue weighted by Crippen LogP contribution is -2.35. The van der Waals surface area contributed by atoms with Gasteiger partial charge in [-0.25, -0.2) is 4.99 Å². The highest BCUT2D eigenvalue weighted by atomic mass is 16.5. The van der Waals surface area contributed by atoms with Crippen LogP contribution in [0.3, 0.4) is 0 Å². The van der Waals surface area contributed by atoms with Crippen LogP contribution in [0.25, 0.3) is 11.1 Å². The summed E-state index contributed by atoms with van der Waals surface area (Å²) >= 11 is 0. The molecule has 1 N–H and O–H groups in total. The largest absolute Gasteiger partial charge is 0.478 e. The van der Waals surface area contributed by atoms with Crippen molar-refractivity contribution in [1.29, 1.82) is 0 Å². The van der Waals surface area contributed by atoms with E-state index in [9.17, 15) is 0 Å². The Morgan fingerprint density at radius 2 is 1.63 bits per heavy atom. The third-order valence-corrected chi connectivity index (χ3v) is 6.73. The molecule has 0 spiro atoms. The van der Waals surface area contributed by atoms with Gasteiger partial charge in [0.2, 0.25) is 5.88 Å². The van der Waals surface area contributed by atoms with E-state index in [-0.39, 0.29) is 6.04 Å². The Balaban J connectivity index is 1.92. The summed E-state index contributed by atoms with van der Waals surface area (Å²) in [5.74, 6) is 0.346. The van der Waals surface area contributed by atoms with Crippen LogP contribution < -0.4 is 10.2 Å². The van der Waals surface area contributed by atoms with Crippen molar-refractivity contribution in [2.24, 2.45) is 4.99 Å². The number of anilines is 3. The molecule has 1 atom stereocenters. The second-order valence-electron chi connectivity index (χ2n) is 9.67. The number of aryl methyl sites for hydroxylation is 2. The van der Waals surface area contributed by atoms with Gasteiger partial charge in [0, 0.05) is 24.7 Å². The number of allylic oxidation sites excluding steroid dienone is 2. The number of aliphatic imine (C=N–C) groups is 1. The molecule has 0 saturated carbocycles. The molecule has 0 aliphatic carbocycles. The summed E-state index contributed by atoms with van der Waals surface area (Å²) in [5.41, 5.74) is 10.5. The first-order valence-corrected chi connectivity index (χ1v) is 13.2. The summed E-state index contributed by atoms with van der Waals surface area (Å²) in [6, 6.07) is 23.7. The van der Waals surface area contributed by atoms with Crippen molar-refractivity contribution in [3.8, 4) is 11.1 Å². The summed E-state index contributed by atoms with van der Waals surface area (Å²) < 4.78 is 5.62.